The molecule has 1 aliphatic heterocycles. The van der Waals surface area contributed by atoms with Crippen LogP contribution in [0.15, 0.2) is 29.3 Å². The molecule has 0 spiro atoms. The molecule has 4 rings (SSSR count). The summed E-state index contributed by atoms with van der Waals surface area (Å²) in [6.07, 6.45) is 5.38. The number of amides is 1. The Bertz CT molecular complexity index is 1110. The van der Waals surface area contributed by atoms with Crippen LogP contribution in [0.1, 0.15) is 34.5 Å². The second kappa shape index (κ2) is 7.10. The smallest absolute Gasteiger partial charge is 0.257 e. The monoisotopic (exact) mass is 380 g/mol. The van der Waals surface area contributed by atoms with Crippen molar-refractivity contribution in [3.63, 3.8) is 0 Å². The van der Waals surface area contributed by atoms with Gasteiger partial charge in [-0.05, 0) is 25.8 Å². The fraction of sp³-hybridized carbons (Fsp3) is 0.400. The average molecular weight is 380 g/mol. The molecule has 0 saturated carbocycles. The average Bonchev–Trinajstić information content (AvgIpc) is 3.33. The lowest BCUT2D eigenvalue weighted by Gasteiger charge is -2.20. The van der Waals surface area contributed by atoms with Crippen LogP contribution >= 0.6 is 0 Å². The van der Waals surface area contributed by atoms with E-state index in [9.17, 15) is 9.59 Å². The maximum Gasteiger partial charge on any atom is 0.257 e. The minimum Gasteiger partial charge on any atom is -0.356 e. The summed E-state index contributed by atoms with van der Waals surface area (Å²) in [6, 6.07) is 3.94. The van der Waals surface area contributed by atoms with Crippen LogP contribution in [-0.4, -0.2) is 38.3 Å². The Balaban J connectivity index is 1.60. The summed E-state index contributed by atoms with van der Waals surface area (Å²) in [5, 5.41) is 7.46. The van der Waals surface area contributed by atoms with Gasteiger partial charge in [-0.3, -0.25) is 14.3 Å². The van der Waals surface area contributed by atoms with Crippen LogP contribution in [0.25, 0.3) is 11.0 Å². The molecular formula is C20H24N6O2. The second-order valence-corrected chi connectivity index (χ2v) is 7.30. The third-order valence-corrected chi connectivity index (χ3v) is 5.24. The summed E-state index contributed by atoms with van der Waals surface area (Å²) in [7, 11) is 3.57. The van der Waals surface area contributed by atoms with Crippen LogP contribution in [0.4, 0.5) is 5.82 Å². The summed E-state index contributed by atoms with van der Waals surface area (Å²) in [6.45, 7) is 4.26. The molecular weight excluding hydrogens is 356 g/mol. The fourth-order valence-corrected chi connectivity index (χ4v) is 3.81. The number of pyridine rings is 2. The molecule has 3 aromatic rings. The Morgan fingerprint density at radius 1 is 1.21 bits per heavy atom. The van der Waals surface area contributed by atoms with Crippen LogP contribution < -0.4 is 15.6 Å². The van der Waals surface area contributed by atoms with E-state index in [1.165, 1.54) is 6.20 Å². The fourth-order valence-electron chi connectivity index (χ4n) is 3.81. The van der Waals surface area contributed by atoms with Crippen LogP contribution in [0.2, 0.25) is 0 Å². The Labute approximate surface area is 162 Å². The zero-order valence-electron chi connectivity index (χ0n) is 16.4. The molecule has 8 nitrogen and oxygen atoms in total. The third kappa shape index (κ3) is 3.15. The Kier molecular flexibility index (Phi) is 4.62. The first-order valence-corrected chi connectivity index (χ1v) is 9.46. The van der Waals surface area contributed by atoms with Crippen molar-refractivity contribution in [3.8, 4) is 0 Å². The molecule has 1 amide bonds. The lowest BCUT2D eigenvalue weighted by molar-refractivity contribution is 0.0949. The highest BCUT2D eigenvalue weighted by Crippen LogP contribution is 2.23. The molecule has 0 atom stereocenters. The lowest BCUT2D eigenvalue weighted by atomic mass is 10.2. The first kappa shape index (κ1) is 18.2. The summed E-state index contributed by atoms with van der Waals surface area (Å²) in [5.74, 6) is 0.535. The lowest BCUT2D eigenvalue weighted by Crippen LogP contribution is -2.30. The number of fused-ring (bicyclic) bond motifs is 1. The first-order chi connectivity index (χ1) is 13.5. The number of carbonyl (C=O) groups is 1. The predicted octanol–water partition coefficient (Wildman–Crippen LogP) is 1.51. The highest BCUT2D eigenvalue weighted by Gasteiger charge is 2.20. The SMILES string of the molecule is Cc1ccc(CNC(=O)c2cn(C)c3c(cnn3C)c2=O)c(N2CCCC2)n1. The molecule has 4 heterocycles. The molecule has 1 N–H and O–H groups in total. The van der Waals surface area contributed by atoms with Crippen molar-refractivity contribution < 1.29 is 4.79 Å². The molecule has 1 aliphatic rings. The van der Waals surface area contributed by atoms with Gasteiger partial charge in [-0.15, -0.1) is 0 Å². The molecule has 0 aromatic carbocycles. The van der Waals surface area contributed by atoms with Crippen LogP contribution in [0.5, 0.6) is 0 Å². The van der Waals surface area contributed by atoms with Crippen LogP contribution in [0.3, 0.4) is 0 Å². The minimum atomic E-state index is -0.390. The van der Waals surface area contributed by atoms with E-state index in [1.807, 2.05) is 19.1 Å². The van der Waals surface area contributed by atoms with Gasteiger partial charge >= 0.3 is 0 Å². The number of aromatic nitrogens is 4. The van der Waals surface area contributed by atoms with Gasteiger partial charge in [-0.25, -0.2) is 4.98 Å². The van der Waals surface area contributed by atoms with Crippen molar-refractivity contribution >= 4 is 22.8 Å². The van der Waals surface area contributed by atoms with E-state index in [1.54, 1.807) is 29.5 Å². The normalized spacial score (nSPS) is 14.0. The van der Waals surface area contributed by atoms with E-state index in [4.69, 9.17) is 0 Å². The van der Waals surface area contributed by atoms with Gasteiger partial charge in [0, 0.05) is 51.2 Å². The van der Waals surface area contributed by atoms with E-state index >= 15 is 0 Å². The van der Waals surface area contributed by atoms with Crippen molar-refractivity contribution in [2.45, 2.75) is 26.3 Å². The van der Waals surface area contributed by atoms with Gasteiger partial charge in [-0.2, -0.15) is 5.10 Å². The summed E-state index contributed by atoms with van der Waals surface area (Å²) < 4.78 is 3.38. The maximum absolute atomic E-state index is 12.8. The van der Waals surface area contributed by atoms with Gasteiger partial charge < -0.3 is 14.8 Å². The zero-order chi connectivity index (χ0) is 19.8. The van der Waals surface area contributed by atoms with Gasteiger partial charge in [0.2, 0.25) is 5.43 Å². The second-order valence-electron chi connectivity index (χ2n) is 7.30. The van der Waals surface area contributed by atoms with Crippen molar-refractivity contribution in [2.24, 2.45) is 14.1 Å². The van der Waals surface area contributed by atoms with Gasteiger partial charge in [0.05, 0.1) is 11.6 Å². The van der Waals surface area contributed by atoms with Crippen molar-refractivity contribution in [1.82, 2.24) is 24.6 Å². The topological polar surface area (TPSA) is 85.0 Å². The molecule has 0 radical (unpaired) electrons. The molecule has 1 fully saturated rings. The van der Waals surface area contributed by atoms with E-state index in [-0.39, 0.29) is 16.9 Å². The molecule has 3 aromatic heterocycles. The highest BCUT2D eigenvalue weighted by molar-refractivity contribution is 5.96. The van der Waals surface area contributed by atoms with Gasteiger partial charge in [0.25, 0.3) is 5.91 Å². The molecule has 146 valence electrons. The van der Waals surface area contributed by atoms with Gasteiger partial charge in [0.1, 0.15) is 17.0 Å². The quantitative estimate of drug-likeness (QED) is 0.742. The van der Waals surface area contributed by atoms with Crippen molar-refractivity contribution in [3.05, 3.63) is 51.6 Å². The number of carbonyl (C=O) groups excluding carboxylic acids is 1. The number of nitrogens with zero attached hydrogens (tertiary/aromatic N) is 5. The first-order valence-electron chi connectivity index (χ1n) is 9.46. The maximum atomic E-state index is 12.8. The molecule has 0 bridgehead atoms. The van der Waals surface area contributed by atoms with Gasteiger partial charge in [0.15, 0.2) is 0 Å². The van der Waals surface area contributed by atoms with E-state index < -0.39 is 0 Å². The molecule has 0 aliphatic carbocycles. The molecule has 28 heavy (non-hydrogen) atoms. The zero-order valence-corrected chi connectivity index (χ0v) is 16.4. The standard InChI is InChI=1S/C20H24N6O2/c1-13-6-7-14(18(23-13)26-8-4-5-9-26)10-21-19(28)16-12-24(2)20-15(17(16)27)11-22-25(20)3/h6-7,11-12H,4-5,8-10H2,1-3H3,(H,21,28). The summed E-state index contributed by atoms with van der Waals surface area (Å²) in [5.41, 5.74) is 2.40. The Morgan fingerprint density at radius 2 is 1.96 bits per heavy atom. The number of anilines is 1. The van der Waals surface area contributed by atoms with Crippen molar-refractivity contribution in [2.75, 3.05) is 18.0 Å². The molecule has 8 heteroatoms. The van der Waals surface area contributed by atoms with Gasteiger partial charge in [-0.1, -0.05) is 6.07 Å². The number of hydrogen-bond acceptors (Lipinski definition) is 5. The predicted molar refractivity (Wildman–Crippen MR) is 108 cm³/mol. The number of rotatable bonds is 4. The van der Waals surface area contributed by atoms with Crippen LogP contribution in [0, 0.1) is 6.92 Å². The minimum absolute atomic E-state index is 0.116. The Hall–Kier alpha value is -3.16. The third-order valence-electron chi connectivity index (χ3n) is 5.24. The largest absolute Gasteiger partial charge is 0.356 e. The Morgan fingerprint density at radius 3 is 2.71 bits per heavy atom. The summed E-state index contributed by atoms with van der Waals surface area (Å²) >= 11 is 0. The van der Waals surface area contributed by atoms with E-state index in [0.717, 1.165) is 43.0 Å². The van der Waals surface area contributed by atoms with Crippen molar-refractivity contribution in [1.29, 1.82) is 0 Å². The van der Waals surface area contributed by atoms with E-state index in [2.05, 4.69) is 20.3 Å². The highest BCUT2D eigenvalue weighted by atomic mass is 16.2. The summed E-state index contributed by atoms with van der Waals surface area (Å²) in [4.78, 5) is 32.4. The number of aryl methyl sites for hydroxylation is 3. The number of nitrogens with one attached hydrogen (secondary N) is 1. The van der Waals surface area contributed by atoms with E-state index in [0.29, 0.717) is 17.6 Å². The van der Waals surface area contributed by atoms with Crippen LogP contribution in [-0.2, 0) is 20.6 Å². The molecule has 1 saturated heterocycles. The number of hydrogen-bond donors (Lipinski definition) is 1. The molecule has 0 unspecified atom stereocenters.